The number of hydrogen-bond donors (Lipinski definition) is 2. The predicted octanol–water partition coefficient (Wildman–Crippen LogP) is 0.161. The summed E-state index contributed by atoms with van der Waals surface area (Å²) in [6, 6.07) is 0. The van der Waals surface area contributed by atoms with Gasteiger partial charge < -0.3 is 5.32 Å². The first-order valence-electron chi connectivity index (χ1n) is 5.75. The van der Waals surface area contributed by atoms with E-state index in [1.165, 1.54) is 6.20 Å². The molecule has 2 heterocycles. The quantitative estimate of drug-likeness (QED) is 0.806. The van der Waals surface area contributed by atoms with E-state index in [1.807, 2.05) is 0 Å². The van der Waals surface area contributed by atoms with Gasteiger partial charge in [0, 0.05) is 13.2 Å². The van der Waals surface area contributed by atoms with Crippen molar-refractivity contribution in [2.75, 3.05) is 23.6 Å². The van der Waals surface area contributed by atoms with Gasteiger partial charge in [0.1, 0.15) is 0 Å². The highest BCUT2D eigenvalue weighted by Gasteiger charge is 2.21. The van der Waals surface area contributed by atoms with E-state index in [0.29, 0.717) is 5.69 Å². The molecule has 2 rings (SSSR count). The largest absolute Gasteiger partial charge is 0.317 e. The average Bonchev–Trinajstić information content (AvgIpc) is 2.63. The Kier molecular flexibility index (Phi) is 3.68. The number of nitrogens with zero attached hydrogens (tertiary/aromatic N) is 2. The highest BCUT2D eigenvalue weighted by molar-refractivity contribution is 7.92. The molecule has 0 spiro atoms. The fourth-order valence-corrected chi connectivity index (χ4v) is 3.56. The van der Waals surface area contributed by atoms with E-state index in [9.17, 15) is 8.42 Å². The lowest BCUT2D eigenvalue weighted by atomic mass is 10.0. The van der Waals surface area contributed by atoms with Gasteiger partial charge >= 0.3 is 0 Å². The molecular formula is C10H18N4O2S. The highest BCUT2D eigenvalue weighted by atomic mass is 32.2. The van der Waals surface area contributed by atoms with E-state index >= 15 is 0 Å². The highest BCUT2D eigenvalue weighted by Crippen LogP contribution is 2.16. The number of aromatic nitrogens is 2. The summed E-state index contributed by atoms with van der Waals surface area (Å²) in [5.74, 6) is 0.453. The molecule has 0 amide bonds. The number of hydrogen-bond acceptors (Lipinski definition) is 4. The zero-order valence-corrected chi connectivity index (χ0v) is 10.7. The van der Waals surface area contributed by atoms with Crippen LogP contribution in [0.15, 0.2) is 12.4 Å². The molecule has 2 N–H and O–H groups in total. The number of rotatable bonds is 4. The minimum Gasteiger partial charge on any atom is -0.317 e. The number of aryl methyl sites for hydroxylation is 1. The van der Waals surface area contributed by atoms with Gasteiger partial charge in [-0.1, -0.05) is 0 Å². The summed E-state index contributed by atoms with van der Waals surface area (Å²) in [7, 11) is -1.50. The van der Waals surface area contributed by atoms with Crippen molar-refractivity contribution in [1.29, 1.82) is 0 Å². The van der Waals surface area contributed by atoms with Gasteiger partial charge in [-0.3, -0.25) is 9.40 Å². The Balaban J connectivity index is 1.94. The van der Waals surface area contributed by atoms with Crippen LogP contribution in [0, 0.1) is 5.92 Å². The van der Waals surface area contributed by atoms with E-state index in [1.54, 1.807) is 17.9 Å². The van der Waals surface area contributed by atoms with Crippen molar-refractivity contribution in [3.8, 4) is 0 Å². The van der Waals surface area contributed by atoms with E-state index in [4.69, 9.17) is 0 Å². The van der Waals surface area contributed by atoms with Crippen LogP contribution in [0.25, 0.3) is 0 Å². The predicted molar refractivity (Wildman–Crippen MR) is 66.2 cm³/mol. The van der Waals surface area contributed by atoms with Crippen molar-refractivity contribution in [3.05, 3.63) is 12.4 Å². The summed E-state index contributed by atoms with van der Waals surface area (Å²) in [5, 5.41) is 7.15. The lowest BCUT2D eigenvalue weighted by Crippen LogP contribution is -2.32. The van der Waals surface area contributed by atoms with Crippen LogP contribution >= 0.6 is 0 Å². The molecule has 7 heteroatoms. The molecular weight excluding hydrogens is 240 g/mol. The van der Waals surface area contributed by atoms with Crippen LogP contribution in [0.4, 0.5) is 5.69 Å². The topological polar surface area (TPSA) is 76.0 Å². The SMILES string of the molecule is Cn1cc(NS(=O)(=O)CC2CCNCC2)cn1. The standard InChI is InChI=1S/C10H18N4O2S/c1-14-7-10(6-12-14)13-17(15,16)8-9-2-4-11-5-3-9/h6-7,9,11,13H,2-5,8H2,1H3. The van der Waals surface area contributed by atoms with Gasteiger partial charge in [-0.25, -0.2) is 8.42 Å². The molecule has 1 saturated heterocycles. The first-order chi connectivity index (χ1) is 8.05. The van der Waals surface area contributed by atoms with Gasteiger partial charge in [0.25, 0.3) is 0 Å². The maximum absolute atomic E-state index is 11.9. The molecule has 1 aliphatic rings. The molecule has 0 atom stereocenters. The minimum atomic E-state index is -3.25. The van der Waals surface area contributed by atoms with Gasteiger partial charge in [0.15, 0.2) is 0 Å². The molecule has 0 aromatic carbocycles. The second kappa shape index (κ2) is 5.05. The van der Waals surface area contributed by atoms with Crippen LogP contribution in [0.5, 0.6) is 0 Å². The van der Waals surface area contributed by atoms with E-state index < -0.39 is 10.0 Å². The first-order valence-corrected chi connectivity index (χ1v) is 7.40. The zero-order chi connectivity index (χ0) is 12.3. The molecule has 6 nitrogen and oxygen atoms in total. The molecule has 0 saturated carbocycles. The Morgan fingerprint density at radius 1 is 1.53 bits per heavy atom. The van der Waals surface area contributed by atoms with Gasteiger partial charge in [0.2, 0.25) is 10.0 Å². The monoisotopic (exact) mass is 258 g/mol. The third-order valence-electron chi connectivity index (χ3n) is 2.89. The molecule has 1 aliphatic heterocycles. The van der Waals surface area contributed by atoms with Crippen molar-refractivity contribution < 1.29 is 8.42 Å². The fraction of sp³-hybridized carbons (Fsp3) is 0.700. The Hall–Kier alpha value is -1.08. The van der Waals surface area contributed by atoms with Crippen molar-refractivity contribution in [2.45, 2.75) is 12.8 Å². The smallest absolute Gasteiger partial charge is 0.233 e. The van der Waals surface area contributed by atoms with Crippen molar-refractivity contribution in [2.24, 2.45) is 13.0 Å². The lowest BCUT2D eigenvalue weighted by Gasteiger charge is -2.22. The average molecular weight is 258 g/mol. The Bertz CT molecular complexity index is 462. The second-order valence-corrected chi connectivity index (χ2v) is 6.25. The summed E-state index contributed by atoms with van der Waals surface area (Å²) < 4.78 is 27.9. The zero-order valence-electron chi connectivity index (χ0n) is 9.89. The lowest BCUT2D eigenvalue weighted by molar-refractivity contribution is 0.402. The van der Waals surface area contributed by atoms with Crippen LogP contribution in [-0.2, 0) is 17.1 Å². The Morgan fingerprint density at radius 3 is 2.82 bits per heavy atom. The van der Waals surface area contributed by atoms with Gasteiger partial charge in [-0.05, 0) is 31.8 Å². The normalized spacial score (nSPS) is 18.2. The van der Waals surface area contributed by atoms with Crippen LogP contribution < -0.4 is 10.0 Å². The van der Waals surface area contributed by atoms with Gasteiger partial charge in [-0.15, -0.1) is 0 Å². The van der Waals surface area contributed by atoms with E-state index in [2.05, 4.69) is 15.1 Å². The van der Waals surface area contributed by atoms with Crippen molar-refractivity contribution in [1.82, 2.24) is 15.1 Å². The Labute approximate surface area is 101 Å². The summed E-state index contributed by atoms with van der Waals surface area (Å²) in [6.07, 6.45) is 5.02. The van der Waals surface area contributed by atoms with Crippen LogP contribution in [0.1, 0.15) is 12.8 Å². The maximum atomic E-state index is 11.9. The van der Waals surface area contributed by atoms with E-state index in [0.717, 1.165) is 25.9 Å². The second-order valence-electron chi connectivity index (χ2n) is 4.48. The third kappa shape index (κ3) is 3.71. The summed E-state index contributed by atoms with van der Waals surface area (Å²) in [5.41, 5.74) is 0.529. The molecule has 0 unspecified atom stereocenters. The summed E-state index contributed by atoms with van der Waals surface area (Å²) in [4.78, 5) is 0. The summed E-state index contributed by atoms with van der Waals surface area (Å²) in [6.45, 7) is 1.82. The third-order valence-corrected chi connectivity index (χ3v) is 4.35. The molecule has 0 bridgehead atoms. The van der Waals surface area contributed by atoms with Gasteiger partial charge in [-0.2, -0.15) is 5.10 Å². The fourth-order valence-electron chi connectivity index (χ4n) is 2.05. The van der Waals surface area contributed by atoms with Crippen LogP contribution in [0.3, 0.4) is 0 Å². The van der Waals surface area contributed by atoms with Crippen LogP contribution in [-0.4, -0.2) is 37.0 Å². The van der Waals surface area contributed by atoms with Crippen molar-refractivity contribution in [3.63, 3.8) is 0 Å². The number of anilines is 1. The van der Waals surface area contributed by atoms with E-state index in [-0.39, 0.29) is 11.7 Å². The molecule has 17 heavy (non-hydrogen) atoms. The number of sulfonamides is 1. The molecule has 1 aromatic heterocycles. The number of piperidine rings is 1. The Morgan fingerprint density at radius 2 is 2.24 bits per heavy atom. The van der Waals surface area contributed by atoms with Crippen LogP contribution in [0.2, 0.25) is 0 Å². The molecule has 1 fully saturated rings. The molecule has 0 radical (unpaired) electrons. The maximum Gasteiger partial charge on any atom is 0.233 e. The first kappa shape index (κ1) is 12.4. The number of nitrogens with one attached hydrogen (secondary N) is 2. The summed E-state index contributed by atoms with van der Waals surface area (Å²) >= 11 is 0. The van der Waals surface area contributed by atoms with Crippen molar-refractivity contribution >= 4 is 15.7 Å². The molecule has 96 valence electrons. The molecule has 0 aliphatic carbocycles. The molecule has 1 aromatic rings. The van der Waals surface area contributed by atoms with Gasteiger partial charge in [0.05, 0.1) is 17.6 Å². The minimum absolute atomic E-state index is 0.198.